The molecule has 0 bridgehead atoms. The van der Waals surface area contributed by atoms with Crippen molar-refractivity contribution in [2.45, 2.75) is 26.3 Å². The van der Waals surface area contributed by atoms with Gasteiger partial charge in [0.05, 0.1) is 7.11 Å². The number of piperazine rings is 1. The quantitative estimate of drug-likeness (QED) is 0.897. The number of methoxy groups -OCH3 is 1. The molecule has 1 aliphatic heterocycles. The van der Waals surface area contributed by atoms with Crippen LogP contribution < -0.4 is 10.1 Å². The van der Waals surface area contributed by atoms with Crippen molar-refractivity contribution in [2.24, 2.45) is 5.92 Å². The minimum absolute atomic E-state index is 0.270. The Balaban J connectivity index is 2.27. The van der Waals surface area contributed by atoms with Crippen LogP contribution in [-0.4, -0.2) is 38.2 Å². The van der Waals surface area contributed by atoms with Crippen LogP contribution in [0, 0.1) is 11.7 Å². The van der Waals surface area contributed by atoms with Crippen molar-refractivity contribution in [1.29, 1.82) is 0 Å². The van der Waals surface area contributed by atoms with Gasteiger partial charge in [-0.1, -0.05) is 26.3 Å². The highest BCUT2D eigenvalue weighted by atomic mass is 19.1. The zero-order valence-corrected chi connectivity index (χ0v) is 12.7. The summed E-state index contributed by atoms with van der Waals surface area (Å²) in [4.78, 5) is 2.46. The minimum Gasteiger partial charge on any atom is -0.494 e. The zero-order valence-electron chi connectivity index (χ0n) is 12.7. The number of benzene rings is 1. The summed E-state index contributed by atoms with van der Waals surface area (Å²) in [5, 5.41) is 3.37. The fourth-order valence-corrected chi connectivity index (χ4v) is 2.95. The minimum atomic E-state index is -0.270. The van der Waals surface area contributed by atoms with E-state index >= 15 is 0 Å². The van der Waals surface area contributed by atoms with Crippen LogP contribution in [0.2, 0.25) is 0 Å². The van der Waals surface area contributed by atoms with E-state index < -0.39 is 0 Å². The van der Waals surface area contributed by atoms with Crippen LogP contribution >= 0.6 is 0 Å². The fraction of sp³-hybridized carbons (Fsp3) is 0.625. The molecular weight excluding hydrogens is 255 g/mol. The van der Waals surface area contributed by atoms with Gasteiger partial charge in [-0.25, -0.2) is 4.39 Å². The van der Waals surface area contributed by atoms with Crippen molar-refractivity contribution in [1.82, 2.24) is 10.2 Å². The summed E-state index contributed by atoms with van der Waals surface area (Å²) in [6.07, 6.45) is 1.09. The van der Waals surface area contributed by atoms with Gasteiger partial charge in [-0.3, -0.25) is 4.90 Å². The van der Waals surface area contributed by atoms with Gasteiger partial charge in [0.2, 0.25) is 0 Å². The summed E-state index contributed by atoms with van der Waals surface area (Å²) in [6.45, 7) is 8.48. The lowest BCUT2D eigenvalue weighted by Crippen LogP contribution is -2.46. The first-order valence-electron chi connectivity index (χ1n) is 7.45. The molecule has 112 valence electrons. The maximum atomic E-state index is 14.0. The molecule has 0 amide bonds. The van der Waals surface area contributed by atoms with Crippen molar-refractivity contribution in [2.75, 3.05) is 33.3 Å². The first-order valence-corrected chi connectivity index (χ1v) is 7.45. The Labute approximate surface area is 121 Å². The highest BCUT2D eigenvalue weighted by molar-refractivity contribution is 5.31. The maximum absolute atomic E-state index is 14.0. The Morgan fingerprint density at radius 3 is 2.60 bits per heavy atom. The van der Waals surface area contributed by atoms with Gasteiger partial charge in [-0.15, -0.1) is 0 Å². The molecule has 1 saturated heterocycles. The molecule has 1 heterocycles. The van der Waals surface area contributed by atoms with E-state index in [0.29, 0.717) is 11.7 Å². The van der Waals surface area contributed by atoms with Crippen molar-refractivity contribution in [3.63, 3.8) is 0 Å². The molecule has 0 saturated carbocycles. The fourth-order valence-electron chi connectivity index (χ4n) is 2.95. The SMILES string of the molecule is CCC(C)[C@H](c1ccc(OC)c(F)c1)N1CCNCC1. The van der Waals surface area contributed by atoms with E-state index in [-0.39, 0.29) is 11.9 Å². The van der Waals surface area contributed by atoms with E-state index in [1.54, 1.807) is 12.1 Å². The summed E-state index contributed by atoms with van der Waals surface area (Å²) >= 11 is 0. The third kappa shape index (κ3) is 3.30. The molecule has 0 aromatic heterocycles. The lowest BCUT2D eigenvalue weighted by molar-refractivity contribution is 0.128. The molecular formula is C16H25FN2O. The largest absolute Gasteiger partial charge is 0.494 e. The molecule has 2 atom stereocenters. The second-order valence-corrected chi connectivity index (χ2v) is 5.51. The summed E-state index contributed by atoms with van der Waals surface area (Å²) in [5.74, 6) is 0.547. The number of nitrogens with zero attached hydrogens (tertiary/aromatic N) is 1. The Bertz CT molecular complexity index is 432. The van der Waals surface area contributed by atoms with Crippen LogP contribution in [0.25, 0.3) is 0 Å². The molecule has 1 aromatic carbocycles. The summed E-state index contributed by atoms with van der Waals surface area (Å²) in [6, 6.07) is 5.66. The number of hydrogen-bond donors (Lipinski definition) is 1. The first kappa shape index (κ1) is 15.3. The van der Waals surface area contributed by atoms with Crippen LogP contribution in [-0.2, 0) is 0 Å². The van der Waals surface area contributed by atoms with Crippen molar-refractivity contribution in [3.05, 3.63) is 29.6 Å². The van der Waals surface area contributed by atoms with Gasteiger partial charge in [-0.05, 0) is 23.6 Å². The standard InChI is InChI=1S/C16H25FN2O/c1-4-12(2)16(19-9-7-18-8-10-19)13-5-6-15(20-3)14(17)11-13/h5-6,11-12,16,18H,4,7-10H2,1-3H3/t12?,16-/m1/s1. The van der Waals surface area contributed by atoms with Gasteiger partial charge < -0.3 is 10.1 Å². The molecule has 20 heavy (non-hydrogen) atoms. The normalized spacial score (nSPS) is 19.6. The summed E-state index contributed by atoms with van der Waals surface area (Å²) in [5.41, 5.74) is 1.06. The molecule has 1 aliphatic rings. The van der Waals surface area contributed by atoms with Crippen LogP contribution in [0.3, 0.4) is 0 Å². The lowest BCUT2D eigenvalue weighted by Gasteiger charge is -2.38. The van der Waals surface area contributed by atoms with E-state index in [2.05, 4.69) is 24.1 Å². The Morgan fingerprint density at radius 1 is 1.35 bits per heavy atom. The van der Waals surface area contributed by atoms with Gasteiger partial charge in [0.1, 0.15) is 0 Å². The predicted molar refractivity (Wildman–Crippen MR) is 79.6 cm³/mol. The highest BCUT2D eigenvalue weighted by Crippen LogP contribution is 2.33. The first-order chi connectivity index (χ1) is 9.67. The van der Waals surface area contributed by atoms with Crippen LogP contribution in [0.15, 0.2) is 18.2 Å². The van der Waals surface area contributed by atoms with E-state index in [9.17, 15) is 4.39 Å². The highest BCUT2D eigenvalue weighted by Gasteiger charge is 2.27. The van der Waals surface area contributed by atoms with E-state index in [1.807, 2.05) is 6.07 Å². The monoisotopic (exact) mass is 280 g/mol. The van der Waals surface area contributed by atoms with Crippen molar-refractivity contribution in [3.8, 4) is 5.75 Å². The summed E-state index contributed by atoms with van der Waals surface area (Å²) in [7, 11) is 1.50. The molecule has 0 spiro atoms. The molecule has 0 aliphatic carbocycles. The van der Waals surface area contributed by atoms with E-state index in [4.69, 9.17) is 4.74 Å². The molecule has 1 N–H and O–H groups in total. The number of ether oxygens (including phenoxy) is 1. The number of rotatable bonds is 5. The molecule has 2 rings (SSSR count). The average molecular weight is 280 g/mol. The van der Waals surface area contributed by atoms with Gasteiger partial charge in [0.25, 0.3) is 0 Å². The Hall–Kier alpha value is -1.13. The number of hydrogen-bond acceptors (Lipinski definition) is 3. The van der Waals surface area contributed by atoms with E-state index in [0.717, 1.165) is 38.2 Å². The van der Waals surface area contributed by atoms with Gasteiger partial charge >= 0.3 is 0 Å². The van der Waals surface area contributed by atoms with Crippen LogP contribution in [0.5, 0.6) is 5.75 Å². The predicted octanol–water partition coefficient (Wildman–Crippen LogP) is 2.83. The topological polar surface area (TPSA) is 24.5 Å². The van der Waals surface area contributed by atoms with Crippen molar-refractivity contribution < 1.29 is 9.13 Å². The molecule has 4 heteroatoms. The van der Waals surface area contributed by atoms with Gasteiger partial charge in [0.15, 0.2) is 11.6 Å². The molecule has 1 fully saturated rings. The van der Waals surface area contributed by atoms with Crippen molar-refractivity contribution >= 4 is 0 Å². The number of nitrogens with one attached hydrogen (secondary N) is 1. The average Bonchev–Trinajstić information content (AvgIpc) is 2.48. The van der Waals surface area contributed by atoms with Gasteiger partial charge in [-0.2, -0.15) is 0 Å². The lowest BCUT2D eigenvalue weighted by atomic mass is 9.90. The Morgan fingerprint density at radius 2 is 2.05 bits per heavy atom. The molecule has 1 aromatic rings. The van der Waals surface area contributed by atoms with Crippen LogP contribution in [0.1, 0.15) is 31.9 Å². The molecule has 3 nitrogen and oxygen atoms in total. The maximum Gasteiger partial charge on any atom is 0.165 e. The molecule has 0 radical (unpaired) electrons. The third-order valence-electron chi connectivity index (χ3n) is 4.25. The second-order valence-electron chi connectivity index (χ2n) is 5.51. The van der Waals surface area contributed by atoms with Gasteiger partial charge in [0, 0.05) is 32.2 Å². The zero-order chi connectivity index (χ0) is 14.5. The summed E-state index contributed by atoms with van der Waals surface area (Å²) < 4.78 is 19.0. The second kappa shape index (κ2) is 7.04. The number of halogens is 1. The van der Waals surface area contributed by atoms with E-state index in [1.165, 1.54) is 7.11 Å². The van der Waals surface area contributed by atoms with Crippen LogP contribution in [0.4, 0.5) is 4.39 Å². The molecule has 1 unspecified atom stereocenters. The third-order valence-corrected chi connectivity index (χ3v) is 4.25. The Kier molecular flexibility index (Phi) is 5.38. The smallest absolute Gasteiger partial charge is 0.165 e.